The van der Waals surface area contributed by atoms with Gasteiger partial charge in [0.15, 0.2) is 5.78 Å². The van der Waals surface area contributed by atoms with Crippen LogP contribution in [-0.2, 0) is 4.79 Å². The summed E-state index contributed by atoms with van der Waals surface area (Å²) in [5.41, 5.74) is 5.91. The van der Waals surface area contributed by atoms with Crippen molar-refractivity contribution in [3.05, 3.63) is 102 Å². The van der Waals surface area contributed by atoms with Crippen LogP contribution < -0.4 is 5.32 Å². The van der Waals surface area contributed by atoms with E-state index in [2.05, 4.69) is 10.3 Å². The number of hydrogen-bond donors (Lipinski definition) is 2. The molecule has 4 aromatic rings. The quantitative estimate of drug-likeness (QED) is 0.447. The van der Waals surface area contributed by atoms with Crippen molar-refractivity contribution >= 4 is 17.4 Å². The van der Waals surface area contributed by atoms with Crippen molar-refractivity contribution in [3.63, 3.8) is 0 Å². The molecule has 1 amide bonds. The van der Waals surface area contributed by atoms with Crippen LogP contribution in [-0.4, -0.2) is 16.7 Å². The van der Waals surface area contributed by atoms with Crippen LogP contribution in [0.5, 0.6) is 0 Å². The summed E-state index contributed by atoms with van der Waals surface area (Å²) in [6.45, 7) is 1.47. The summed E-state index contributed by atoms with van der Waals surface area (Å²) < 4.78 is 0. The molecule has 2 N–H and O–H groups in total. The van der Waals surface area contributed by atoms with Crippen LogP contribution in [0.4, 0.5) is 5.69 Å². The molecule has 0 spiro atoms. The van der Waals surface area contributed by atoms with E-state index in [9.17, 15) is 9.59 Å². The molecule has 1 heterocycles. The molecule has 0 aliphatic rings. The first kappa shape index (κ1) is 18.4. The van der Waals surface area contributed by atoms with Gasteiger partial charge in [0, 0.05) is 41.7 Å². The van der Waals surface area contributed by atoms with Gasteiger partial charge in [0.1, 0.15) is 0 Å². The minimum atomic E-state index is -0.116. The molecule has 0 radical (unpaired) electrons. The highest BCUT2D eigenvalue weighted by Gasteiger charge is 2.16. The largest absolute Gasteiger partial charge is 0.366 e. The smallest absolute Gasteiger partial charge is 0.221 e. The predicted molar refractivity (Wildman–Crippen MR) is 116 cm³/mol. The summed E-state index contributed by atoms with van der Waals surface area (Å²) >= 11 is 0. The van der Waals surface area contributed by atoms with Gasteiger partial charge in [0.25, 0.3) is 0 Å². The van der Waals surface area contributed by atoms with Crippen molar-refractivity contribution in [2.24, 2.45) is 0 Å². The first-order valence-corrected chi connectivity index (χ1v) is 9.37. The number of hydrogen-bond acceptors (Lipinski definition) is 2. The second kappa shape index (κ2) is 7.98. The molecular weight excluding hydrogens is 360 g/mol. The monoisotopic (exact) mass is 380 g/mol. The minimum absolute atomic E-state index is 0.0354. The summed E-state index contributed by atoms with van der Waals surface area (Å²) in [5.74, 6) is -0.152. The summed E-state index contributed by atoms with van der Waals surface area (Å²) in [5, 5.41) is 2.75. The van der Waals surface area contributed by atoms with E-state index >= 15 is 0 Å². The van der Waals surface area contributed by atoms with Gasteiger partial charge in [-0.3, -0.25) is 9.59 Å². The van der Waals surface area contributed by atoms with E-state index in [0.29, 0.717) is 11.1 Å². The molecular formula is C25H20N2O2. The average Bonchev–Trinajstić information content (AvgIpc) is 3.24. The number of anilines is 1. The van der Waals surface area contributed by atoms with Crippen LogP contribution in [0.25, 0.3) is 22.3 Å². The lowest BCUT2D eigenvalue weighted by atomic mass is 9.96. The van der Waals surface area contributed by atoms with Crippen molar-refractivity contribution in [1.29, 1.82) is 0 Å². The van der Waals surface area contributed by atoms with Gasteiger partial charge < -0.3 is 10.3 Å². The van der Waals surface area contributed by atoms with Gasteiger partial charge in [-0.25, -0.2) is 0 Å². The van der Waals surface area contributed by atoms with Crippen molar-refractivity contribution in [2.75, 3.05) is 5.32 Å². The SMILES string of the molecule is CC(=O)Nc1ccc(-c2c[nH]cc2C(=O)c2ccc(-c3ccccc3)cc2)cc1. The Hall–Kier alpha value is -3.92. The van der Waals surface area contributed by atoms with Crippen LogP contribution in [0.15, 0.2) is 91.3 Å². The summed E-state index contributed by atoms with van der Waals surface area (Å²) in [6.07, 6.45) is 3.55. The van der Waals surface area contributed by atoms with Crippen LogP contribution in [0.1, 0.15) is 22.8 Å². The number of carbonyl (C=O) groups excluding carboxylic acids is 2. The number of amides is 1. The molecule has 4 heteroatoms. The number of H-pyrrole nitrogens is 1. The standard InChI is InChI=1S/C25H20N2O2/c1-17(28)27-22-13-11-20(12-14-22)23-15-26-16-24(23)25(29)21-9-7-19(8-10-21)18-5-3-2-4-6-18/h2-16,26H,1H3,(H,27,28). The van der Waals surface area contributed by atoms with Gasteiger partial charge in [-0.1, -0.05) is 66.7 Å². The lowest BCUT2D eigenvalue weighted by Gasteiger charge is -2.07. The Morgan fingerprint density at radius 2 is 1.34 bits per heavy atom. The average molecular weight is 380 g/mol. The lowest BCUT2D eigenvalue weighted by Crippen LogP contribution is -2.05. The van der Waals surface area contributed by atoms with Crippen molar-refractivity contribution < 1.29 is 9.59 Å². The second-order valence-electron chi connectivity index (χ2n) is 6.81. The van der Waals surface area contributed by atoms with Gasteiger partial charge in [-0.2, -0.15) is 0 Å². The predicted octanol–water partition coefficient (Wildman–Crippen LogP) is 5.54. The molecule has 1 aromatic heterocycles. The Kier molecular flexibility index (Phi) is 5.08. The van der Waals surface area contributed by atoms with E-state index in [4.69, 9.17) is 0 Å². The molecule has 0 atom stereocenters. The van der Waals surface area contributed by atoms with E-state index < -0.39 is 0 Å². The van der Waals surface area contributed by atoms with Gasteiger partial charge in [0.2, 0.25) is 5.91 Å². The molecule has 0 aliphatic carbocycles. The van der Waals surface area contributed by atoms with Gasteiger partial charge in [-0.05, 0) is 28.8 Å². The number of nitrogens with one attached hydrogen (secondary N) is 2. The van der Waals surface area contributed by atoms with Crippen LogP contribution in [0.3, 0.4) is 0 Å². The Morgan fingerprint density at radius 3 is 2.00 bits per heavy atom. The van der Waals surface area contributed by atoms with Crippen LogP contribution in [0.2, 0.25) is 0 Å². The molecule has 4 nitrogen and oxygen atoms in total. The normalized spacial score (nSPS) is 10.5. The topological polar surface area (TPSA) is 62.0 Å². The van der Waals surface area contributed by atoms with Crippen molar-refractivity contribution in [1.82, 2.24) is 4.98 Å². The van der Waals surface area contributed by atoms with Crippen molar-refractivity contribution in [2.45, 2.75) is 6.92 Å². The van der Waals surface area contributed by atoms with Crippen LogP contribution in [0, 0.1) is 0 Å². The maximum atomic E-state index is 13.1. The number of aromatic nitrogens is 1. The zero-order valence-electron chi connectivity index (χ0n) is 16.0. The molecule has 3 aromatic carbocycles. The van der Waals surface area contributed by atoms with Crippen molar-refractivity contribution in [3.8, 4) is 22.3 Å². The zero-order chi connectivity index (χ0) is 20.2. The number of aromatic amines is 1. The number of carbonyl (C=O) groups is 2. The fourth-order valence-electron chi connectivity index (χ4n) is 3.33. The summed E-state index contributed by atoms with van der Waals surface area (Å²) in [4.78, 5) is 27.3. The maximum absolute atomic E-state index is 13.1. The highest BCUT2D eigenvalue weighted by Crippen LogP contribution is 2.28. The third-order valence-corrected chi connectivity index (χ3v) is 4.76. The number of ketones is 1. The molecule has 142 valence electrons. The fourth-order valence-corrected chi connectivity index (χ4v) is 3.33. The van der Waals surface area contributed by atoms with E-state index in [-0.39, 0.29) is 11.7 Å². The summed E-state index contributed by atoms with van der Waals surface area (Å²) in [7, 11) is 0. The molecule has 0 aliphatic heterocycles. The third-order valence-electron chi connectivity index (χ3n) is 4.76. The van der Waals surface area contributed by atoms with E-state index in [1.807, 2.05) is 85.1 Å². The molecule has 29 heavy (non-hydrogen) atoms. The second-order valence-corrected chi connectivity index (χ2v) is 6.81. The van der Waals surface area contributed by atoms with Crippen LogP contribution >= 0.6 is 0 Å². The number of rotatable bonds is 5. The maximum Gasteiger partial charge on any atom is 0.221 e. The molecule has 0 saturated carbocycles. The van der Waals surface area contributed by atoms with Gasteiger partial charge in [0.05, 0.1) is 0 Å². The van der Waals surface area contributed by atoms with Gasteiger partial charge in [-0.15, -0.1) is 0 Å². The Labute approximate surface area is 169 Å². The Bertz CT molecular complexity index is 1140. The van der Waals surface area contributed by atoms with E-state index in [1.165, 1.54) is 6.92 Å². The lowest BCUT2D eigenvalue weighted by molar-refractivity contribution is -0.114. The molecule has 0 saturated heterocycles. The molecule has 0 unspecified atom stereocenters. The zero-order valence-corrected chi connectivity index (χ0v) is 16.0. The highest BCUT2D eigenvalue weighted by atomic mass is 16.1. The summed E-state index contributed by atoms with van der Waals surface area (Å²) in [6, 6.07) is 25.2. The van der Waals surface area contributed by atoms with E-state index in [0.717, 1.165) is 27.9 Å². The molecule has 0 fully saturated rings. The Morgan fingerprint density at radius 1 is 0.724 bits per heavy atom. The molecule has 4 rings (SSSR count). The Balaban J connectivity index is 1.59. The molecule has 0 bridgehead atoms. The minimum Gasteiger partial charge on any atom is -0.366 e. The first-order valence-electron chi connectivity index (χ1n) is 9.37. The van der Waals surface area contributed by atoms with E-state index in [1.54, 1.807) is 6.20 Å². The number of benzene rings is 3. The van der Waals surface area contributed by atoms with Gasteiger partial charge >= 0.3 is 0 Å². The fraction of sp³-hybridized carbons (Fsp3) is 0.0400. The highest BCUT2D eigenvalue weighted by molar-refractivity contribution is 6.13. The first-order chi connectivity index (χ1) is 14.1. The third kappa shape index (κ3) is 4.01.